The number of anilines is 4. The molecule has 1 amide bonds. The molecule has 0 atom stereocenters. The van der Waals surface area contributed by atoms with Gasteiger partial charge in [0, 0.05) is 56.0 Å². The van der Waals surface area contributed by atoms with Crippen molar-refractivity contribution in [3.63, 3.8) is 0 Å². The molecule has 0 aliphatic carbocycles. The summed E-state index contributed by atoms with van der Waals surface area (Å²) in [4.78, 5) is 30.2. The number of benzene rings is 1. The van der Waals surface area contributed by atoms with E-state index >= 15 is 0 Å². The number of fused-ring (bicyclic) bond motifs is 1. The summed E-state index contributed by atoms with van der Waals surface area (Å²) in [7, 11) is 7.79. The summed E-state index contributed by atoms with van der Waals surface area (Å²) in [6, 6.07) is 8.20. The topological polar surface area (TPSA) is 100 Å². The van der Waals surface area contributed by atoms with Crippen molar-refractivity contribution in [2.45, 2.75) is 20.0 Å². The Morgan fingerprint density at radius 1 is 1.15 bits per heavy atom. The third-order valence-electron chi connectivity index (χ3n) is 6.13. The minimum absolute atomic E-state index is 0.167. The quantitative estimate of drug-likeness (QED) is 0.258. The molecule has 0 aliphatic heterocycles. The summed E-state index contributed by atoms with van der Waals surface area (Å²) >= 11 is 0. The third kappa shape index (κ3) is 6.55. The van der Waals surface area contributed by atoms with E-state index in [1.807, 2.05) is 57.7 Å². The molecule has 0 saturated heterocycles. The van der Waals surface area contributed by atoms with Crippen LogP contribution in [0.5, 0.6) is 5.88 Å². The van der Waals surface area contributed by atoms with Crippen LogP contribution in [-0.2, 0) is 11.8 Å². The van der Waals surface area contributed by atoms with E-state index in [1.54, 1.807) is 24.4 Å². The maximum Gasteiger partial charge on any atom is 0.247 e. The number of carbonyl (C=O) groups excluding carboxylic acids is 1. The SMILES string of the molecule is C=CC(=O)Nc1cc(Nc2nccc(-c3cn(C)c4ccc(F)cc34)n2)c(OC(C)C)nc1N(C)CCN(C)C. The summed E-state index contributed by atoms with van der Waals surface area (Å²) < 4.78 is 22.1. The van der Waals surface area contributed by atoms with Gasteiger partial charge in [-0.05, 0) is 64.4 Å². The molecule has 11 heteroatoms. The maximum absolute atomic E-state index is 14.1. The Morgan fingerprint density at radius 3 is 2.62 bits per heavy atom. The lowest BCUT2D eigenvalue weighted by Gasteiger charge is -2.25. The largest absolute Gasteiger partial charge is 0.473 e. The Hall–Kier alpha value is -4.51. The number of nitrogens with zero attached hydrogens (tertiary/aromatic N) is 6. The van der Waals surface area contributed by atoms with Gasteiger partial charge in [0.1, 0.15) is 11.5 Å². The first-order valence-corrected chi connectivity index (χ1v) is 12.9. The monoisotopic (exact) mass is 546 g/mol. The van der Waals surface area contributed by atoms with Crippen LogP contribution in [0.1, 0.15) is 13.8 Å². The summed E-state index contributed by atoms with van der Waals surface area (Å²) in [5.41, 5.74) is 3.23. The number of likely N-dealkylation sites (N-methyl/N-ethyl adjacent to an activating group) is 2. The highest BCUT2D eigenvalue weighted by atomic mass is 19.1. The van der Waals surface area contributed by atoms with E-state index in [1.165, 1.54) is 18.2 Å². The van der Waals surface area contributed by atoms with Gasteiger partial charge in [-0.25, -0.2) is 14.4 Å². The maximum atomic E-state index is 14.1. The van der Waals surface area contributed by atoms with E-state index in [0.717, 1.165) is 23.0 Å². The molecule has 4 rings (SSSR count). The second-order valence-corrected chi connectivity index (χ2v) is 10.0. The highest BCUT2D eigenvalue weighted by molar-refractivity contribution is 6.01. The molecular formula is C29H35FN8O2. The predicted molar refractivity (Wildman–Crippen MR) is 158 cm³/mol. The molecule has 0 bridgehead atoms. The number of nitrogens with one attached hydrogen (secondary N) is 2. The number of carbonyl (C=O) groups is 1. The van der Waals surface area contributed by atoms with Gasteiger partial charge in [0.05, 0.1) is 17.5 Å². The van der Waals surface area contributed by atoms with Crippen LogP contribution in [0.2, 0.25) is 0 Å². The third-order valence-corrected chi connectivity index (χ3v) is 6.13. The zero-order chi connectivity index (χ0) is 29.0. The average Bonchev–Trinajstić information content (AvgIpc) is 3.23. The van der Waals surface area contributed by atoms with Gasteiger partial charge in [-0.1, -0.05) is 6.58 Å². The molecule has 0 fully saturated rings. The lowest BCUT2D eigenvalue weighted by Crippen LogP contribution is -2.30. The second kappa shape index (κ2) is 12.1. The molecular weight excluding hydrogens is 511 g/mol. The first-order chi connectivity index (χ1) is 19.0. The van der Waals surface area contributed by atoms with Crippen LogP contribution in [0, 0.1) is 5.82 Å². The van der Waals surface area contributed by atoms with E-state index in [-0.39, 0.29) is 23.8 Å². The molecule has 0 aliphatic rings. The van der Waals surface area contributed by atoms with Crippen molar-refractivity contribution in [1.82, 2.24) is 24.4 Å². The number of halogens is 1. The van der Waals surface area contributed by atoms with Crippen molar-refractivity contribution in [2.24, 2.45) is 7.05 Å². The van der Waals surface area contributed by atoms with E-state index in [0.29, 0.717) is 35.3 Å². The lowest BCUT2D eigenvalue weighted by molar-refractivity contribution is -0.111. The molecule has 3 heterocycles. The Kier molecular flexibility index (Phi) is 8.64. The van der Waals surface area contributed by atoms with Gasteiger partial charge in [0.25, 0.3) is 0 Å². The highest BCUT2D eigenvalue weighted by Crippen LogP contribution is 2.36. The van der Waals surface area contributed by atoms with Crippen LogP contribution >= 0.6 is 0 Å². The van der Waals surface area contributed by atoms with Crippen molar-refractivity contribution in [3.05, 3.63) is 61.2 Å². The van der Waals surface area contributed by atoms with Crippen molar-refractivity contribution in [1.29, 1.82) is 0 Å². The van der Waals surface area contributed by atoms with Gasteiger partial charge in [-0.3, -0.25) is 4.79 Å². The first-order valence-electron chi connectivity index (χ1n) is 12.9. The smallest absolute Gasteiger partial charge is 0.247 e. The van der Waals surface area contributed by atoms with Crippen molar-refractivity contribution >= 4 is 40.0 Å². The van der Waals surface area contributed by atoms with Crippen LogP contribution in [0.15, 0.2) is 55.4 Å². The van der Waals surface area contributed by atoms with Crippen molar-refractivity contribution in [3.8, 4) is 17.1 Å². The molecule has 0 saturated carbocycles. The fourth-order valence-electron chi connectivity index (χ4n) is 4.17. The second-order valence-electron chi connectivity index (χ2n) is 10.0. The molecule has 3 aromatic heterocycles. The fourth-order valence-corrected chi connectivity index (χ4v) is 4.17. The van der Waals surface area contributed by atoms with E-state index in [9.17, 15) is 9.18 Å². The van der Waals surface area contributed by atoms with Crippen LogP contribution in [0.4, 0.5) is 27.5 Å². The number of aromatic nitrogens is 4. The fraction of sp³-hybridized carbons (Fsp3) is 0.310. The molecule has 2 N–H and O–H groups in total. The van der Waals surface area contributed by atoms with Crippen molar-refractivity contribution in [2.75, 3.05) is 49.8 Å². The van der Waals surface area contributed by atoms with Crippen LogP contribution in [-0.4, -0.2) is 70.7 Å². The molecule has 1 aromatic carbocycles. The van der Waals surface area contributed by atoms with Crippen molar-refractivity contribution < 1.29 is 13.9 Å². The van der Waals surface area contributed by atoms with Gasteiger partial charge in [-0.2, -0.15) is 4.98 Å². The molecule has 0 radical (unpaired) electrons. The summed E-state index contributed by atoms with van der Waals surface area (Å²) in [6.45, 7) is 8.83. The number of pyridine rings is 1. The van der Waals surface area contributed by atoms with Crippen LogP contribution in [0.25, 0.3) is 22.2 Å². The van der Waals surface area contributed by atoms with Gasteiger partial charge >= 0.3 is 0 Å². The summed E-state index contributed by atoms with van der Waals surface area (Å²) in [5.74, 6) is 0.480. The van der Waals surface area contributed by atoms with Crippen LogP contribution in [0.3, 0.4) is 0 Å². The number of ether oxygens (including phenoxy) is 1. The Balaban J connectivity index is 1.76. The predicted octanol–water partition coefficient (Wildman–Crippen LogP) is 4.82. The van der Waals surface area contributed by atoms with E-state index < -0.39 is 0 Å². The minimum Gasteiger partial charge on any atom is -0.473 e. The van der Waals surface area contributed by atoms with Gasteiger partial charge in [-0.15, -0.1) is 0 Å². The zero-order valence-corrected chi connectivity index (χ0v) is 23.7. The Morgan fingerprint density at radius 2 is 1.93 bits per heavy atom. The molecule has 40 heavy (non-hydrogen) atoms. The summed E-state index contributed by atoms with van der Waals surface area (Å²) in [5, 5.41) is 6.81. The molecule has 4 aromatic rings. The Bertz CT molecular complexity index is 1530. The van der Waals surface area contributed by atoms with E-state index in [2.05, 4.69) is 27.1 Å². The number of rotatable bonds is 11. The highest BCUT2D eigenvalue weighted by Gasteiger charge is 2.20. The first kappa shape index (κ1) is 28.5. The number of hydrogen-bond acceptors (Lipinski definition) is 8. The van der Waals surface area contributed by atoms with Crippen LogP contribution < -0.4 is 20.3 Å². The molecule has 10 nitrogen and oxygen atoms in total. The normalized spacial score (nSPS) is 11.2. The number of aryl methyl sites for hydroxylation is 1. The zero-order valence-electron chi connectivity index (χ0n) is 23.7. The minimum atomic E-state index is -0.367. The molecule has 0 spiro atoms. The lowest BCUT2D eigenvalue weighted by atomic mass is 10.1. The molecule has 0 unspecified atom stereocenters. The number of hydrogen-bond donors (Lipinski definition) is 2. The Labute approximate surface area is 233 Å². The average molecular weight is 547 g/mol. The van der Waals surface area contributed by atoms with Gasteiger partial charge < -0.3 is 29.7 Å². The summed E-state index contributed by atoms with van der Waals surface area (Å²) in [6.07, 6.45) is 4.57. The van der Waals surface area contributed by atoms with Gasteiger partial charge in [0.15, 0.2) is 5.82 Å². The standard InChI is InChI=1S/C29H35FN8O2/c1-8-26(39)32-23-16-24(28(40-18(2)3)35-27(23)37(6)14-13-36(4)5)34-29-31-12-11-22(33-29)21-17-38(7)25-10-9-19(30)15-20(21)25/h8-12,15-18H,1,13-14H2,2-7H3,(H,32,39)(H,31,33,34). The number of amides is 1. The van der Waals surface area contributed by atoms with Gasteiger partial charge in [0.2, 0.25) is 17.7 Å². The molecule has 210 valence electrons. The van der Waals surface area contributed by atoms with E-state index in [4.69, 9.17) is 14.7 Å².